The molecule has 2 rings (SSSR count). The Balaban J connectivity index is 2.02. The van der Waals surface area contributed by atoms with Gasteiger partial charge in [-0.15, -0.1) is 0 Å². The third-order valence-corrected chi connectivity index (χ3v) is 6.79. The Hall–Kier alpha value is -1.15. The zero-order chi connectivity index (χ0) is 20.6. The van der Waals surface area contributed by atoms with Crippen molar-refractivity contribution in [2.45, 2.75) is 64.8 Å². The van der Waals surface area contributed by atoms with Gasteiger partial charge < -0.3 is 10.6 Å². The summed E-state index contributed by atoms with van der Waals surface area (Å²) >= 11 is 0. The van der Waals surface area contributed by atoms with Gasteiger partial charge in [0.1, 0.15) is 0 Å². The molecule has 1 aliphatic carbocycles. The van der Waals surface area contributed by atoms with Crippen molar-refractivity contribution in [1.29, 1.82) is 0 Å². The van der Waals surface area contributed by atoms with E-state index in [1.807, 2.05) is 26.0 Å². The summed E-state index contributed by atoms with van der Waals surface area (Å²) in [6, 6.07) is 6.87. The van der Waals surface area contributed by atoms with Crippen LogP contribution in [-0.4, -0.2) is 50.1 Å². The summed E-state index contributed by atoms with van der Waals surface area (Å²) in [6.07, 6.45) is 8.15. The van der Waals surface area contributed by atoms with E-state index in [2.05, 4.69) is 4.90 Å². The Morgan fingerprint density at radius 3 is 2.36 bits per heavy atom. The van der Waals surface area contributed by atoms with Crippen molar-refractivity contribution in [1.82, 2.24) is 4.90 Å². The smallest absolute Gasteiger partial charge is 0.330 e. The zero-order valence-electron chi connectivity index (χ0n) is 17.4. The first-order chi connectivity index (χ1) is 13.3. The van der Waals surface area contributed by atoms with E-state index in [1.165, 1.54) is 32.1 Å². The fourth-order valence-electron chi connectivity index (χ4n) is 4.14. The highest BCUT2D eigenvalue weighted by atomic mass is 32.2. The average molecular weight is 412 g/mol. The van der Waals surface area contributed by atoms with Gasteiger partial charge >= 0.3 is 10.3 Å². The molecule has 1 aromatic rings. The van der Waals surface area contributed by atoms with Gasteiger partial charge in [-0.2, -0.15) is 8.42 Å². The maximum atomic E-state index is 12.0. The van der Waals surface area contributed by atoms with Gasteiger partial charge in [0.15, 0.2) is 0 Å². The molecule has 160 valence electrons. The lowest BCUT2D eigenvalue weighted by atomic mass is 9.89. The van der Waals surface area contributed by atoms with Crippen molar-refractivity contribution in [2.75, 3.05) is 30.5 Å². The van der Waals surface area contributed by atoms with E-state index < -0.39 is 10.3 Å². The molecule has 0 heterocycles. The summed E-state index contributed by atoms with van der Waals surface area (Å²) in [6.45, 7) is 7.27. The van der Waals surface area contributed by atoms with Gasteiger partial charge in [0.05, 0.1) is 5.69 Å². The first kappa shape index (κ1) is 23.1. The zero-order valence-corrected chi connectivity index (χ0v) is 18.2. The molecular weight excluding hydrogens is 374 g/mol. The second-order valence-corrected chi connectivity index (χ2v) is 9.48. The number of benzene rings is 1. The van der Waals surface area contributed by atoms with Crippen LogP contribution in [0, 0.1) is 12.8 Å². The van der Waals surface area contributed by atoms with Crippen LogP contribution in [0.25, 0.3) is 0 Å². The molecule has 1 atom stereocenters. The van der Waals surface area contributed by atoms with Gasteiger partial charge in [-0.05, 0) is 70.7 Å². The molecule has 7 heteroatoms. The van der Waals surface area contributed by atoms with Gasteiger partial charge in [-0.3, -0.25) is 4.55 Å². The fourth-order valence-corrected chi connectivity index (χ4v) is 5.09. The summed E-state index contributed by atoms with van der Waals surface area (Å²) in [5.74, 6) is 0.733. The maximum Gasteiger partial charge on any atom is 0.360 e. The van der Waals surface area contributed by atoms with E-state index in [0.29, 0.717) is 18.7 Å². The Kier molecular flexibility index (Phi) is 9.21. The summed E-state index contributed by atoms with van der Waals surface area (Å²) in [5.41, 5.74) is 7.26. The standard InChI is InChI=1S/C21H37N3O3S/c1-18-9-11-21(12-10-18)24(28(25,26)27)19(2)13-16-23(15-6-14-22)17-20-7-4-3-5-8-20/h9-12,19-20H,3-8,13-17,22H2,1-2H3,(H,25,26,27). The van der Waals surface area contributed by atoms with Crippen LogP contribution in [0.5, 0.6) is 0 Å². The molecule has 1 aliphatic rings. The van der Waals surface area contributed by atoms with Crippen molar-refractivity contribution in [2.24, 2.45) is 11.7 Å². The Labute approximate surface area is 171 Å². The summed E-state index contributed by atoms with van der Waals surface area (Å²) < 4.78 is 35.0. The second-order valence-electron chi connectivity index (χ2n) is 8.19. The van der Waals surface area contributed by atoms with E-state index in [4.69, 9.17) is 5.73 Å². The van der Waals surface area contributed by atoms with Crippen LogP contribution in [0.1, 0.15) is 57.4 Å². The summed E-state index contributed by atoms with van der Waals surface area (Å²) in [7, 11) is -4.33. The van der Waals surface area contributed by atoms with Crippen LogP contribution in [0.3, 0.4) is 0 Å². The molecule has 1 saturated carbocycles. The van der Waals surface area contributed by atoms with E-state index >= 15 is 0 Å². The third-order valence-electron chi connectivity index (χ3n) is 5.72. The number of rotatable bonds is 11. The monoisotopic (exact) mass is 411 g/mol. The number of anilines is 1. The van der Waals surface area contributed by atoms with E-state index in [1.54, 1.807) is 12.1 Å². The average Bonchev–Trinajstić information content (AvgIpc) is 2.65. The number of nitrogens with two attached hydrogens (primary N) is 1. The molecule has 0 saturated heterocycles. The number of nitrogens with zero attached hydrogens (tertiary/aromatic N) is 2. The highest BCUT2D eigenvalue weighted by molar-refractivity contribution is 7.87. The minimum Gasteiger partial charge on any atom is -0.330 e. The van der Waals surface area contributed by atoms with Crippen LogP contribution in [-0.2, 0) is 10.3 Å². The van der Waals surface area contributed by atoms with Crippen molar-refractivity contribution in [3.8, 4) is 0 Å². The van der Waals surface area contributed by atoms with Crippen molar-refractivity contribution in [3.63, 3.8) is 0 Å². The van der Waals surface area contributed by atoms with Crippen LogP contribution >= 0.6 is 0 Å². The van der Waals surface area contributed by atoms with E-state index in [-0.39, 0.29) is 6.04 Å². The van der Waals surface area contributed by atoms with Gasteiger partial charge in [-0.25, -0.2) is 4.31 Å². The van der Waals surface area contributed by atoms with E-state index in [0.717, 1.165) is 41.8 Å². The molecule has 1 aromatic carbocycles. The maximum absolute atomic E-state index is 12.0. The fraction of sp³-hybridized carbons (Fsp3) is 0.714. The minimum absolute atomic E-state index is 0.329. The highest BCUT2D eigenvalue weighted by Gasteiger charge is 2.26. The molecule has 6 nitrogen and oxygen atoms in total. The molecule has 0 spiro atoms. The highest BCUT2D eigenvalue weighted by Crippen LogP contribution is 2.26. The van der Waals surface area contributed by atoms with Gasteiger partial charge in [0, 0.05) is 19.1 Å². The number of aryl methyl sites for hydroxylation is 1. The Morgan fingerprint density at radius 2 is 1.79 bits per heavy atom. The van der Waals surface area contributed by atoms with Crippen LogP contribution in [0.2, 0.25) is 0 Å². The molecule has 0 amide bonds. The van der Waals surface area contributed by atoms with E-state index in [9.17, 15) is 13.0 Å². The topological polar surface area (TPSA) is 86.9 Å². The SMILES string of the molecule is Cc1ccc(N(C(C)CCN(CCCN)CC2CCCCC2)S(=O)(=O)O)cc1. The lowest BCUT2D eigenvalue weighted by molar-refractivity contribution is 0.195. The first-order valence-electron chi connectivity index (χ1n) is 10.6. The third kappa shape index (κ3) is 7.35. The van der Waals surface area contributed by atoms with Crippen molar-refractivity contribution in [3.05, 3.63) is 29.8 Å². The van der Waals surface area contributed by atoms with Gasteiger partial charge in [-0.1, -0.05) is 37.0 Å². The molecule has 3 N–H and O–H groups in total. The van der Waals surface area contributed by atoms with Crippen molar-refractivity contribution < 1.29 is 13.0 Å². The Bertz CT molecular complexity index is 673. The lowest BCUT2D eigenvalue weighted by Gasteiger charge is -2.32. The largest absolute Gasteiger partial charge is 0.360 e. The molecule has 0 bridgehead atoms. The van der Waals surface area contributed by atoms with Gasteiger partial charge in [0.2, 0.25) is 0 Å². The normalized spacial score (nSPS) is 17.0. The second kappa shape index (κ2) is 11.1. The summed E-state index contributed by atoms with van der Waals surface area (Å²) in [5, 5.41) is 0. The number of hydrogen-bond donors (Lipinski definition) is 2. The predicted octanol–water partition coefficient (Wildman–Crippen LogP) is 3.61. The van der Waals surface area contributed by atoms with Crippen LogP contribution in [0.15, 0.2) is 24.3 Å². The minimum atomic E-state index is -4.33. The van der Waals surface area contributed by atoms with Crippen molar-refractivity contribution >= 4 is 16.0 Å². The summed E-state index contributed by atoms with van der Waals surface area (Å²) in [4.78, 5) is 2.43. The quantitative estimate of drug-likeness (QED) is 0.543. The predicted molar refractivity (Wildman–Crippen MR) is 116 cm³/mol. The lowest BCUT2D eigenvalue weighted by Crippen LogP contribution is -2.41. The number of hydrogen-bond acceptors (Lipinski definition) is 4. The molecular formula is C21H37N3O3S. The van der Waals surface area contributed by atoms with Crippen LogP contribution < -0.4 is 10.0 Å². The van der Waals surface area contributed by atoms with Gasteiger partial charge in [0.25, 0.3) is 0 Å². The Morgan fingerprint density at radius 1 is 1.14 bits per heavy atom. The molecule has 28 heavy (non-hydrogen) atoms. The molecule has 1 unspecified atom stereocenters. The van der Waals surface area contributed by atoms with Crippen LogP contribution in [0.4, 0.5) is 5.69 Å². The first-order valence-corrected chi connectivity index (χ1v) is 12.0. The molecule has 0 aliphatic heterocycles. The molecule has 0 radical (unpaired) electrons. The molecule has 0 aromatic heterocycles. The molecule has 1 fully saturated rings.